The SMILES string of the molecule is C[C@@H]1CN(Cc2ccc(Oc3ccccc3)o2)C[C@@H](C(N)=O)O1. The first-order valence-corrected chi connectivity index (χ1v) is 7.59. The standard InChI is InChI=1S/C17H20N2O4/c1-12-9-19(11-15(21-12)17(18)20)10-14-7-8-16(23-14)22-13-5-3-2-4-6-13/h2-8,12,15H,9-11H2,1H3,(H2,18,20)/t12-,15+/m1/s1. The van der Waals surface area contributed by atoms with Gasteiger partial charge in [0, 0.05) is 19.2 Å². The first kappa shape index (κ1) is 15.6. The van der Waals surface area contributed by atoms with Crippen molar-refractivity contribution in [2.24, 2.45) is 5.73 Å². The summed E-state index contributed by atoms with van der Waals surface area (Å²) >= 11 is 0. The number of carbonyl (C=O) groups is 1. The summed E-state index contributed by atoms with van der Waals surface area (Å²) in [6.45, 7) is 3.69. The van der Waals surface area contributed by atoms with E-state index in [2.05, 4.69) is 4.90 Å². The second-order valence-electron chi connectivity index (χ2n) is 5.67. The lowest BCUT2D eigenvalue weighted by Gasteiger charge is -2.34. The van der Waals surface area contributed by atoms with Crippen molar-refractivity contribution in [1.82, 2.24) is 4.90 Å². The van der Waals surface area contributed by atoms with Crippen LogP contribution in [-0.4, -0.2) is 36.1 Å². The molecule has 6 nitrogen and oxygen atoms in total. The Kier molecular flexibility index (Phi) is 4.64. The monoisotopic (exact) mass is 316 g/mol. The molecule has 0 spiro atoms. The van der Waals surface area contributed by atoms with Gasteiger partial charge in [0.15, 0.2) is 0 Å². The average molecular weight is 316 g/mol. The van der Waals surface area contributed by atoms with Gasteiger partial charge in [-0.05, 0) is 25.1 Å². The number of carbonyl (C=O) groups excluding carboxylic acids is 1. The summed E-state index contributed by atoms with van der Waals surface area (Å²) in [4.78, 5) is 13.4. The molecule has 3 rings (SSSR count). The van der Waals surface area contributed by atoms with Crippen LogP contribution in [0, 0.1) is 0 Å². The summed E-state index contributed by atoms with van der Waals surface area (Å²) in [7, 11) is 0. The number of hydrogen-bond donors (Lipinski definition) is 1. The number of benzene rings is 1. The van der Waals surface area contributed by atoms with Gasteiger partial charge in [0.05, 0.1) is 12.6 Å². The molecule has 0 saturated carbocycles. The summed E-state index contributed by atoms with van der Waals surface area (Å²) in [6, 6.07) is 13.1. The van der Waals surface area contributed by atoms with E-state index in [4.69, 9.17) is 19.6 Å². The highest BCUT2D eigenvalue weighted by molar-refractivity contribution is 5.79. The van der Waals surface area contributed by atoms with Gasteiger partial charge in [-0.25, -0.2) is 0 Å². The molecule has 0 aliphatic carbocycles. The van der Waals surface area contributed by atoms with Gasteiger partial charge in [0.1, 0.15) is 17.6 Å². The van der Waals surface area contributed by atoms with E-state index in [1.54, 1.807) is 6.07 Å². The molecule has 1 aromatic carbocycles. The summed E-state index contributed by atoms with van der Waals surface area (Å²) in [5.41, 5.74) is 5.34. The van der Waals surface area contributed by atoms with E-state index in [1.165, 1.54) is 0 Å². The second-order valence-corrected chi connectivity index (χ2v) is 5.67. The van der Waals surface area contributed by atoms with Crippen molar-refractivity contribution in [3.8, 4) is 11.7 Å². The van der Waals surface area contributed by atoms with Gasteiger partial charge >= 0.3 is 0 Å². The zero-order valence-corrected chi connectivity index (χ0v) is 13.0. The predicted molar refractivity (Wildman–Crippen MR) is 84.0 cm³/mol. The van der Waals surface area contributed by atoms with E-state index in [0.717, 1.165) is 18.1 Å². The molecule has 6 heteroatoms. The van der Waals surface area contributed by atoms with Crippen molar-refractivity contribution in [2.75, 3.05) is 13.1 Å². The number of nitrogens with zero attached hydrogens (tertiary/aromatic N) is 1. The minimum Gasteiger partial charge on any atom is -0.429 e. The number of ether oxygens (including phenoxy) is 2. The van der Waals surface area contributed by atoms with Gasteiger partial charge in [-0.3, -0.25) is 9.69 Å². The second kappa shape index (κ2) is 6.85. The van der Waals surface area contributed by atoms with E-state index in [0.29, 0.717) is 19.0 Å². The Balaban J connectivity index is 1.61. The minimum absolute atomic E-state index is 0.0451. The van der Waals surface area contributed by atoms with Crippen molar-refractivity contribution in [3.63, 3.8) is 0 Å². The van der Waals surface area contributed by atoms with Crippen molar-refractivity contribution >= 4 is 5.91 Å². The maximum absolute atomic E-state index is 11.3. The van der Waals surface area contributed by atoms with Crippen LogP contribution in [0.1, 0.15) is 12.7 Å². The van der Waals surface area contributed by atoms with Crippen LogP contribution in [0.25, 0.3) is 0 Å². The lowest BCUT2D eigenvalue weighted by Crippen LogP contribution is -2.51. The topological polar surface area (TPSA) is 77.9 Å². The van der Waals surface area contributed by atoms with Gasteiger partial charge < -0.3 is 19.6 Å². The van der Waals surface area contributed by atoms with Gasteiger partial charge in [0.2, 0.25) is 5.91 Å². The number of morpholine rings is 1. The number of amides is 1. The summed E-state index contributed by atoms with van der Waals surface area (Å²) in [6.07, 6.45) is -0.620. The summed E-state index contributed by atoms with van der Waals surface area (Å²) in [5.74, 6) is 1.50. The zero-order valence-electron chi connectivity index (χ0n) is 13.0. The van der Waals surface area contributed by atoms with E-state index in [9.17, 15) is 4.79 Å². The van der Waals surface area contributed by atoms with Gasteiger partial charge in [-0.15, -0.1) is 0 Å². The first-order valence-electron chi connectivity index (χ1n) is 7.59. The van der Waals surface area contributed by atoms with Gasteiger partial charge in [-0.2, -0.15) is 0 Å². The number of primary amides is 1. The van der Waals surface area contributed by atoms with Crippen molar-refractivity contribution in [2.45, 2.75) is 25.7 Å². The van der Waals surface area contributed by atoms with Crippen LogP contribution in [0.2, 0.25) is 0 Å². The lowest BCUT2D eigenvalue weighted by atomic mass is 10.2. The van der Waals surface area contributed by atoms with Crippen LogP contribution in [0.3, 0.4) is 0 Å². The van der Waals surface area contributed by atoms with Crippen molar-refractivity contribution < 1.29 is 18.7 Å². The normalized spacial score (nSPS) is 22.0. The zero-order chi connectivity index (χ0) is 16.2. The van der Waals surface area contributed by atoms with E-state index in [-0.39, 0.29) is 6.10 Å². The van der Waals surface area contributed by atoms with Crippen LogP contribution >= 0.6 is 0 Å². The van der Waals surface area contributed by atoms with Crippen LogP contribution in [0.15, 0.2) is 46.9 Å². The molecule has 23 heavy (non-hydrogen) atoms. The predicted octanol–water partition coefficient (Wildman–Crippen LogP) is 2.15. The maximum atomic E-state index is 11.3. The molecule has 1 amide bonds. The Hall–Kier alpha value is -2.31. The highest BCUT2D eigenvalue weighted by atomic mass is 16.6. The third-order valence-electron chi connectivity index (χ3n) is 3.63. The molecule has 0 unspecified atom stereocenters. The minimum atomic E-state index is -0.575. The highest BCUT2D eigenvalue weighted by Gasteiger charge is 2.29. The number of nitrogens with two attached hydrogens (primary N) is 1. The fourth-order valence-corrected chi connectivity index (χ4v) is 2.65. The molecule has 0 bridgehead atoms. The smallest absolute Gasteiger partial charge is 0.290 e. The van der Waals surface area contributed by atoms with Crippen LogP contribution in [-0.2, 0) is 16.1 Å². The molecule has 1 aromatic heterocycles. The van der Waals surface area contributed by atoms with Crippen molar-refractivity contribution in [3.05, 3.63) is 48.2 Å². The fourth-order valence-electron chi connectivity index (χ4n) is 2.65. The highest BCUT2D eigenvalue weighted by Crippen LogP contribution is 2.24. The van der Waals surface area contributed by atoms with Crippen LogP contribution < -0.4 is 10.5 Å². The molecule has 2 aromatic rings. The maximum Gasteiger partial charge on any atom is 0.290 e. The molecule has 1 fully saturated rings. The van der Waals surface area contributed by atoms with Crippen molar-refractivity contribution in [1.29, 1.82) is 0 Å². The Morgan fingerprint density at radius 3 is 2.78 bits per heavy atom. The molecular weight excluding hydrogens is 296 g/mol. The largest absolute Gasteiger partial charge is 0.429 e. The van der Waals surface area contributed by atoms with Crippen LogP contribution in [0.4, 0.5) is 0 Å². The Morgan fingerprint density at radius 1 is 1.26 bits per heavy atom. The van der Waals surface area contributed by atoms with E-state index < -0.39 is 12.0 Å². The molecule has 1 aliphatic rings. The number of hydrogen-bond acceptors (Lipinski definition) is 5. The molecule has 1 saturated heterocycles. The lowest BCUT2D eigenvalue weighted by molar-refractivity contribution is -0.143. The molecular formula is C17H20N2O4. The molecule has 2 atom stereocenters. The van der Waals surface area contributed by atoms with E-state index in [1.807, 2.05) is 43.3 Å². The molecule has 122 valence electrons. The third kappa shape index (κ3) is 4.12. The Bertz CT molecular complexity index is 656. The third-order valence-corrected chi connectivity index (χ3v) is 3.63. The fraction of sp³-hybridized carbons (Fsp3) is 0.353. The number of rotatable bonds is 5. The Morgan fingerprint density at radius 2 is 2.04 bits per heavy atom. The molecule has 2 N–H and O–H groups in total. The summed E-state index contributed by atoms with van der Waals surface area (Å²) < 4.78 is 16.9. The first-order chi connectivity index (χ1) is 11.1. The van der Waals surface area contributed by atoms with Gasteiger partial charge in [0.25, 0.3) is 5.95 Å². The van der Waals surface area contributed by atoms with E-state index >= 15 is 0 Å². The molecule has 0 radical (unpaired) electrons. The van der Waals surface area contributed by atoms with Crippen LogP contribution in [0.5, 0.6) is 11.7 Å². The Labute approximate surface area is 134 Å². The number of furan rings is 1. The molecule has 1 aliphatic heterocycles. The summed E-state index contributed by atoms with van der Waals surface area (Å²) in [5, 5.41) is 0. The molecule has 2 heterocycles. The number of para-hydroxylation sites is 1. The average Bonchev–Trinajstić information content (AvgIpc) is 2.94. The van der Waals surface area contributed by atoms with Gasteiger partial charge in [-0.1, -0.05) is 18.2 Å². The quantitative estimate of drug-likeness (QED) is 0.914.